The Morgan fingerprint density at radius 3 is 2.00 bits per heavy atom. The van der Waals surface area contributed by atoms with E-state index in [-0.39, 0.29) is 23.6 Å². The lowest BCUT2D eigenvalue weighted by atomic mass is 10.1. The van der Waals surface area contributed by atoms with Crippen LogP contribution in [0.4, 0.5) is 0 Å². The number of fused-ring (bicyclic) bond motifs is 1. The SMILES string of the molecule is CC(C)(C)NC(=O)CNC(=O)CN1C(=O)c2ccccc2C1=O. The number of carbonyl (C=O) groups excluding carboxylic acids is 4. The molecule has 0 saturated heterocycles. The summed E-state index contributed by atoms with van der Waals surface area (Å²) in [5.41, 5.74) is 0.177. The van der Waals surface area contributed by atoms with E-state index in [1.165, 1.54) is 0 Å². The molecule has 1 heterocycles. The molecule has 122 valence electrons. The van der Waals surface area contributed by atoms with Crippen LogP contribution in [-0.2, 0) is 9.59 Å². The predicted octanol–water partition coefficient (Wildman–Crippen LogP) is 0.314. The zero-order valence-electron chi connectivity index (χ0n) is 13.3. The zero-order chi connectivity index (χ0) is 17.2. The Kier molecular flexibility index (Phi) is 4.49. The summed E-state index contributed by atoms with van der Waals surface area (Å²) in [6.45, 7) is 4.86. The molecule has 0 unspecified atom stereocenters. The summed E-state index contributed by atoms with van der Waals surface area (Å²) in [5.74, 6) is -1.91. The first kappa shape index (κ1) is 16.7. The minimum absolute atomic E-state index is 0.209. The van der Waals surface area contributed by atoms with Gasteiger partial charge in [-0.15, -0.1) is 0 Å². The van der Waals surface area contributed by atoms with Crippen molar-refractivity contribution in [3.8, 4) is 0 Å². The van der Waals surface area contributed by atoms with Gasteiger partial charge >= 0.3 is 0 Å². The maximum atomic E-state index is 12.1. The highest BCUT2D eigenvalue weighted by Gasteiger charge is 2.36. The largest absolute Gasteiger partial charge is 0.350 e. The van der Waals surface area contributed by atoms with Gasteiger partial charge < -0.3 is 10.6 Å². The quantitative estimate of drug-likeness (QED) is 0.782. The van der Waals surface area contributed by atoms with Crippen molar-refractivity contribution >= 4 is 23.6 Å². The Labute approximate surface area is 134 Å². The summed E-state index contributed by atoms with van der Waals surface area (Å²) in [4.78, 5) is 48.6. The molecule has 7 heteroatoms. The highest BCUT2D eigenvalue weighted by molar-refractivity contribution is 6.22. The number of hydrogen-bond donors (Lipinski definition) is 2. The van der Waals surface area contributed by atoms with Crippen molar-refractivity contribution < 1.29 is 19.2 Å². The Morgan fingerprint density at radius 2 is 1.52 bits per heavy atom. The van der Waals surface area contributed by atoms with E-state index in [0.717, 1.165) is 4.90 Å². The van der Waals surface area contributed by atoms with Crippen LogP contribution < -0.4 is 10.6 Å². The summed E-state index contributed by atoms with van der Waals surface area (Å²) >= 11 is 0. The van der Waals surface area contributed by atoms with Gasteiger partial charge in [-0.2, -0.15) is 0 Å². The van der Waals surface area contributed by atoms with Gasteiger partial charge in [-0.25, -0.2) is 0 Å². The van der Waals surface area contributed by atoms with Crippen molar-refractivity contribution in [2.24, 2.45) is 0 Å². The Balaban J connectivity index is 1.91. The molecule has 2 rings (SSSR count). The van der Waals surface area contributed by atoms with Crippen molar-refractivity contribution in [1.82, 2.24) is 15.5 Å². The molecule has 0 spiro atoms. The summed E-state index contributed by atoms with van der Waals surface area (Å²) in [6.07, 6.45) is 0. The number of nitrogens with one attached hydrogen (secondary N) is 2. The standard InChI is InChI=1S/C16H19N3O4/c1-16(2,3)18-12(20)8-17-13(21)9-19-14(22)10-6-4-5-7-11(10)15(19)23/h4-7H,8-9H2,1-3H3,(H,17,21)(H,18,20). The maximum absolute atomic E-state index is 12.1. The molecule has 1 aromatic carbocycles. The molecular weight excluding hydrogens is 298 g/mol. The van der Waals surface area contributed by atoms with Gasteiger partial charge in [0, 0.05) is 5.54 Å². The lowest BCUT2D eigenvalue weighted by molar-refractivity contribution is -0.126. The number of rotatable bonds is 4. The first-order valence-electron chi connectivity index (χ1n) is 7.22. The van der Waals surface area contributed by atoms with Gasteiger partial charge in [-0.1, -0.05) is 12.1 Å². The van der Waals surface area contributed by atoms with Crippen molar-refractivity contribution in [2.45, 2.75) is 26.3 Å². The first-order chi connectivity index (χ1) is 10.7. The Bertz CT molecular complexity index is 641. The maximum Gasteiger partial charge on any atom is 0.262 e. The second kappa shape index (κ2) is 6.20. The van der Waals surface area contributed by atoms with Crippen molar-refractivity contribution in [2.75, 3.05) is 13.1 Å². The van der Waals surface area contributed by atoms with Gasteiger partial charge in [-0.05, 0) is 32.9 Å². The lowest BCUT2D eigenvalue weighted by Crippen LogP contribution is -2.47. The first-order valence-corrected chi connectivity index (χ1v) is 7.22. The topological polar surface area (TPSA) is 95.6 Å². The van der Waals surface area contributed by atoms with Gasteiger partial charge in [0.1, 0.15) is 6.54 Å². The minimum atomic E-state index is -0.566. The van der Waals surface area contributed by atoms with Crippen LogP contribution in [0.15, 0.2) is 24.3 Å². The number of hydrogen-bond acceptors (Lipinski definition) is 4. The molecule has 0 atom stereocenters. The van der Waals surface area contributed by atoms with Crippen LogP contribution in [-0.4, -0.2) is 47.2 Å². The fourth-order valence-electron chi connectivity index (χ4n) is 2.22. The highest BCUT2D eigenvalue weighted by atomic mass is 16.2. The van der Waals surface area contributed by atoms with Crippen LogP contribution in [0.1, 0.15) is 41.5 Å². The fraction of sp³-hybridized carbons (Fsp3) is 0.375. The zero-order valence-corrected chi connectivity index (χ0v) is 13.3. The van der Waals surface area contributed by atoms with Crippen LogP contribution >= 0.6 is 0 Å². The molecule has 0 aliphatic carbocycles. The molecule has 0 radical (unpaired) electrons. The van der Waals surface area contributed by atoms with E-state index in [2.05, 4.69) is 10.6 Å². The van der Waals surface area contributed by atoms with Crippen molar-refractivity contribution in [3.05, 3.63) is 35.4 Å². The van der Waals surface area contributed by atoms with Gasteiger partial charge in [-0.3, -0.25) is 24.1 Å². The normalized spacial score (nSPS) is 13.8. The third-order valence-corrected chi connectivity index (χ3v) is 3.14. The Morgan fingerprint density at radius 1 is 1.00 bits per heavy atom. The summed E-state index contributed by atoms with van der Waals surface area (Å²) < 4.78 is 0. The molecule has 0 fully saturated rings. The van der Waals surface area contributed by atoms with E-state index in [1.54, 1.807) is 24.3 Å². The minimum Gasteiger partial charge on any atom is -0.350 e. The monoisotopic (exact) mass is 317 g/mol. The number of benzene rings is 1. The highest BCUT2D eigenvalue weighted by Crippen LogP contribution is 2.21. The molecule has 2 N–H and O–H groups in total. The number of imide groups is 1. The summed E-state index contributed by atoms with van der Waals surface area (Å²) in [5, 5.41) is 5.10. The van der Waals surface area contributed by atoms with E-state index in [0.29, 0.717) is 0 Å². The van der Waals surface area contributed by atoms with Crippen LogP contribution in [0.3, 0.4) is 0 Å². The van der Waals surface area contributed by atoms with Crippen LogP contribution in [0.2, 0.25) is 0 Å². The second-order valence-electron chi connectivity index (χ2n) is 6.32. The molecule has 1 aliphatic rings. The van der Waals surface area contributed by atoms with E-state index in [9.17, 15) is 19.2 Å². The number of nitrogens with zero attached hydrogens (tertiary/aromatic N) is 1. The van der Waals surface area contributed by atoms with E-state index < -0.39 is 29.8 Å². The predicted molar refractivity (Wildman–Crippen MR) is 82.7 cm³/mol. The molecule has 23 heavy (non-hydrogen) atoms. The lowest BCUT2D eigenvalue weighted by Gasteiger charge is -2.20. The Hall–Kier alpha value is -2.70. The molecule has 7 nitrogen and oxygen atoms in total. The summed E-state index contributed by atoms with van der Waals surface area (Å²) in [7, 11) is 0. The average molecular weight is 317 g/mol. The van der Waals surface area contributed by atoms with Crippen LogP contribution in [0.5, 0.6) is 0 Å². The fourth-order valence-corrected chi connectivity index (χ4v) is 2.22. The molecule has 0 bridgehead atoms. The molecule has 0 aromatic heterocycles. The second-order valence-corrected chi connectivity index (χ2v) is 6.32. The van der Waals surface area contributed by atoms with Crippen molar-refractivity contribution in [3.63, 3.8) is 0 Å². The number of amides is 4. The molecule has 1 aliphatic heterocycles. The van der Waals surface area contributed by atoms with E-state index in [4.69, 9.17) is 0 Å². The molecule has 4 amide bonds. The molecule has 1 aromatic rings. The van der Waals surface area contributed by atoms with Crippen LogP contribution in [0.25, 0.3) is 0 Å². The number of carbonyl (C=O) groups is 4. The van der Waals surface area contributed by atoms with Gasteiger partial charge in [0.25, 0.3) is 11.8 Å². The molecule has 0 saturated carbocycles. The smallest absolute Gasteiger partial charge is 0.262 e. The van der Waals surface area contributed by atoms with Gasteiger partial charge in [0.05, 0.1) is 17.7 Å². The van der Waals surface area contributed by atoms with Gasteiger partial charge in [0.15, 0.2) is 0 Å². The average Bonchev–Trinajstić information content (AvgIpc) is 2.69. The van der Waals surface area contributed by atoms with Crippen LogP contribution in [0, 0.1) is 0 Å². The summed E-state index contributed by atoms with van der Waals surface area (Å²) in [6, 6.07) is 6.41. The van der Waals surface area contributed by atoms with Gasteiger partial charge in [0.2, 0.25) is 11.8 Å². The molecular formula is C16H19N3O4. The third kappa shape index (κ3) is 3.94. The van der Waals surface area contributed by atoms with Crippen molar-refractivity contribution in [1.29, 1.82) is 0 Å². The van der Waals surface area contributed by atoms with E-state index >= 15 is 0 Å². The van der Waals surface area contributed by atoms with E-state index in [1.807, 2.05) is 20.8 Å². The third-order valence-electron chi connectivity index (χ3n) is 3.14.